The molecule has 1 aromatic heterocycles. The molecule has 2 rings (SSSR count). The van der Waals surface area contributed by atoms with E-state index in [1.54, 1.807) is 0 Å². The lowest BCUT2D eigenvalue weighted by atomic mass is 9.98. The van der Waals surface area contributed by atoms with Crippen molar-refractivity contribution in [1.82, 2.24) is 15.5 Å². The molecule has 1 heterocycles. The molecule has 0 radical (unpaired) electrons. The molecule has 84 valence electrons. The number of hydrogen-bond acceptors (Lipinski definition) is 2. The normalized spacial score (nSPS) is 28.1. The minimum absolute atomic E-state index is 0.389. The van der Waals surface area contributed by atoms with E-state index in [0.29, 0.717) is 6.04 Å². The minimum atomic E-state index is 0.389. The van der Waals surface area contributed by atoms with Gasteiger partial charge in [-0.05, 0) is 37.8 Å². The fourth-order valence-corrected chi connectivity index (χ4v) is 2.47. The van der Waals surface area contributed by atoms with Gasteiger partial charge in [-0.1, -0.05) is 19.8 Å². The van der Waals surface area contributed by atoms with Crippen LogP contribution < -0.4 is 5.32 Å². The highest BCUT2D eigenvalue weighted by molar-refractivity contribution is 5.02. The van der Waals surface area contributed by atoms with Gasteiger partial charge in [-0.3, -0.25) is 5.10 Å². The molecule has 1 aliphatic rings. The van der Waals surface area contributed by atoms with Gasteiger partial charge in [-0.2, -0.15) is 5.10 Å². The molecule has 0 saturated heterocycles. The summed E-state index contributed by atoms with van der Waals surface area (Å²) in [7, 11) is 0. The van der Waals surface area contributed by atoms with Gasteiger partial charge in [0.05, 0.1) is 5.69 Å². The average Bonchev–Trinajstić information content (AvgIpc) is 2.85. The standard InChI is InChI=1S/C12H21N3/c1-9-4-3-5-11(9)8-13-10(2)12-6-7-14-15-12/h6-7,9-11,13H,3-5,8H2,1-2H3,(H,14,15). The largest absolute Gasteiger partial charge is 0.309 e. The first-order valence-electron chi connectivity index (χ1n) is 6.00. The van der Waals surface area contributed by atoms with Gasteiger partial charge in [0.2, 0.25) is 0 Å². The fraction of sp³-hybridized carbons (Fsp3) is 0.750. The zero-order valence-electron chi connectivity index (χ0n) is 9.66. The molecule has 15 heavy (non-hydrogen) atoms. The van der Waals surface area contributed by atoms with Crippen LogP contribution in [0.3, 0.4) is 0 Å². The average molecular weight is 207 g/mol. The molecule has 0 aliphatic heterocycles. The minimum Gasteiger partial charge on any atom is -0.309 e. The van der Waals surface area contributed by atoms with Crippen LogP contribution >= 0.6 is 0 Å². The van der Waals surface area contributed by atoms with Gasteiger partial charge in [-0.15, -0.1) is 0 Å². The summed E-state index contributed by atoms with van der Waals surface area (Å²) in [5.74, 6) is 1.77. The SMILES string of the molecule is CC(NCC1CCCC1C)c1ccn[nH]1. The quantitative estimate of drug-likeness (QED) is 0.796. The molecule has 3 unspecified atom stereocenters. The van der Waals surface area contributed by atoms with Crippen LogP contribution in [0.2, 0.25) is 0 Å². The van der Waals surface area contributed by atoms with Crippen LogP contribution in [-0.4, -0.2) is 16.7 Å². The summed E-state index contributed by atoms with van der Waals surface area (Å²) in [5, 5.41) is 10.6. The Labute approximate surface area is 91.7 Å². The highest BCUT2D eigenvalue weighted by atomic mass is 15.1. The van der Waals surface area contributed by atoms with Gasteiger partial charge in [0.15, 0.2) is 0 Å². The number of nitrogens with zero attached hydrogens (tertiary/aromatic N) is 1. The molecule has 1 aromatic rings. The van der Waals surface area contributed by atoms with Gasteiger partial charge < -0.3 is 5.32 Å². The van der Waals surface area contributed by atoms with Crippen molar-refractivity contribution in [2.75, 3.05) is 6.54 Å². The zero-order valence-corrected chi connectivity index (χ0v) is 9.66. The van der Waals surface area contributed by atoms with Crippen LogP contribution in [0.15, 0.2) is 12.3 Å². The van der Waals surface area contributed by atoms with Crippen LogP contribution in [0.5, 0.6) is 0 Å². The van der Waals surface area contributed by atoms with Crippen LogP contribution in [0, 0.1) is 11.8 Å². The predicted octanol–water partition coefficient (Wildman–Crippen LogP) is 2.50. The van der Waals surface area contributed by atoms with Crippen LogP contribution in [0.1, 0.15) is 44.8 Å². The smallest absolute Gasteiger partial charge is 0.0518 e. The second-order valence-electron chi connectivity index (χ2n) is 4.81. The summed E-state index contributed by atoms with van der Waals surface area (Å²) in [6.07, 6.45) is 6.02. The lowest BCUT2D eigenvalue weighted by molar-refractivity contribution is 0.373. The van der Waals surface area contributed by atoms with Crippen molar-refractivity contribution in [3.63, 3.8) is 0 Å². The first-order chi connectivity index (χ1) is 7.27. The first-order valence-corrected chi connectivity index (χ1v) is 6.00. The van der Waals surface area contributed by atoms with Gasteiger partial charge in [-0.25, -0.2) is 0 Å². The number of nitrogens with one attached hydrogen (secondary N) is 2. The van der Waals surface area contributed by atoms with E-state index >= 15 is 0 Å². The molecule has 3 nitrogen and oxygen atoms in total. The highest BCUT2D eigenvalue weighted by Gasteiger charge is 2.23. The third kappa shape index (κ3) is 2.59. The van der Waals surface area contributed by atoms with Crippen molar-refractivity contribution >= 4 is 0 Å². The Bertz CT molecular complexity index is 281. The van der Waals surface area contributed by atoms with E-state index in [1.165, 1.54) is 25.0 Å². The Kier molecular flexibility index (Phi) is 3.41. The second-order valence-corrected chi connectivity index (χ2v) is 4.81. The molecular formula is C12H21N3. The molecule has 2 N–H and O–H groups in total. The molecule has 0 aromatic carbocycles. The summed E-state index contributed by atoms with van der Waals surface area (Å²) < 4.78 is 0. The summed E-state index contributed by atoms with van der Waals surface area (Å²) in [6.45, 7) is 5.70. The molecule has 3 heteroatoms. The summed E-state index contributed by atoms with van der Waals surface area (Å²) in [5.41, 5.74) is 1.18. The number of rotatable bonds is 4. The lowest BCUT2D eigenvalue weighted by Gasteiger charge is -2.19. The molecule has 1 aliphatic carbocycles. The maximum Gasteiger partial charge on any atom is 0.0518 e. The van der Waals surface area contributed by atoms with E-state index in [9.17, 15) is 0 Å². The summed E-state index contributed by atoms with van der Waals surface area (Å²) in [6, 6.07) is 2.43. The Morgan fingerprint density at radius 3 is 3.07 bits per heavy atom. The van der Waals surface area contributed by atoms with E-state index in [1.807, 2.05) is 12.3 Å². The highest BCUT2D eigenvalue weighted by Crippen LogP contribution is 2.30. The Morgan fingerprint density at radius 1 is 1.60 bits per heavy atom. The molecule has 1 saturated carbocycles. The van der Waals surface area contributed by atoms with E-state index in [-0.39, 0.29) is 0 Å². The van der Waals surface area contributed by atoms with Crippen LogP contribution in [-0.2, 0) is 0 Å². The third-order valence-corrected chi connectivity index (χ3v) is 3.71. The number of aromatic amines is 1. The summed E-state index contributed by atoms with van der Waals surface area (Å²) >= 11 is 0. The van der Waals surface area contributed by atoms with Crippen LogP contribution in [0.25, 0.3) is 0 Å². The van der Waals surface area contributed by atoms with Crippen molar-refractivity contribution < 1.29 is 0 Å². The van der Waals surface area contributed by atoms with Gasteiger partial charge in [0.1, 0.15) is 0 Å². The molecule has 3 atom stereocenters. The van der Waals surface area contributed by atoms with Crippen molar-refractivity contribution in [3.8, 4) is 0 Å². The van der Waals surface area contributed by atoms with Crippen molar-refractivity contribution in [3.05, 3.63) is 18.0 Å². The van der Waals surface area contributed by atoms with Gasteiger partial charge in [0, 0.05) is 12.2 Å². The van der Waals surface area contributed by atoms with Gasteiger partial charge in [0.25, 0.3) is 0 Å². The third-order valence-electron chi connectivity index (χ3n) is 3.71. The maximum absolute atomic E-state index is 3.97. The zero-order chi connectivity index (χ0) is 10.7. The number of H-pyrrole nitrogens is 1. The predicted molar refractivity (Wildman–Crippen MR) is 61.5 cm³/mol. The Morgan fingerprint density at radius 2 is 2.47 bits per heavy atom. The molecule has 0 bridgehead atoms. The van der Waals surface area contributed by atoms with Gasteiger partial charge >= 0.3 is 0 Å². The first kappa shape index (κ1) is 10.7. The van der Waals surface area contributed by atoms with E-state index in [2.05, 4.69) is 29.4 Å². The number of hydrogen-bond donors (Lipinski definition) is 2. The van der Waals surface area contributed by atoms with Crippen molar-refractivity contribution in [2.24, 2.45) is 11.8 Å². The maximum atomic E-state index is 3.97. The second kappa shape index (κ2) is 4.79. The lowest BCUT2D eigenvalue weighted by Crippen LogP contribution is -2.27. The molecule has 0 spiro atoms. The van der Waals surface area contributed by atoms with Crippen LogP contribution in [0.4, 0.5) is 0 Å². The number of aromatic nitrogens is 2. The molecule has 1 fully saturated rings. The molecular weight excluding hydrogens is 186 g/mol. The Balaban J connectivity index is 1.78. The van der Waals surface area contributed by atoms with Crippen molar-refractivity contribution in [1.29, 1.82) is 0 Å². The monoisotopic (exact) mass is 207 g/mol. The topological polar surface area (TPSA) is 40.7 Å². The summed E-state index contributed by atoms with van der Waals surface area (Å²) in [4.78, 5) is 0. The van der Waals surface area contributed by atoms with E-state index in [0.717, 1.165) is 18.4 Å². The van der Waals surface area contributed by atoms with Crippen molar-refractivity contribution in [2.45, 2.75) is 39.2 Å². The van der Waals surface area contributed by atoms with E-state index < -0.39 is 0 Å². The molecule has 0 amide bonds. The Hall–Kier alpha value is -0.830. The fourth-order valence-electron chi connectivity index (χ4n) is 2.47. The van der Waals surface area contributed by atoms with E-state index in [4.69, 9.17) is 0 Å².